The number of amides is 10. The lowest BCUT2D eigenvalue weighted by Gasteiger charge is -2.34. The van der Waals surface area contributed by atoms with Crippen molar-refractivity contribution in [2.75, 3.05) is 26.2 Å². The highest BCUT2D eigenvalue weighted by molar-refractivity contribution is 6.01. The molecule has 0 unspecified atom stereocenters. The monoisotopic (exact) mass is 1290 g/mol. The second kappa shape index (κ2) is 31.2. The third-order valence-electron chi connectivity index (χ3n) is 19.1. The van der Waals surface area contributed by atoms with E-state index in [0.29, 0.717) is 12.8 Å². The highest BCUT2D eigenvalue weighted by Crippen LogP contribution is 2.48. The van der Waals surface area contributed by atoms with E-state index in [4.69, 9.17) is 11.5 Å². The van der Waals surface area contributed by atoms with Gasteiger partial charge in [0.25, 0.3) is 0 Å². The number of hydrogen-bond donors (Lipinski definition) is 10. The Bertz CT molecular complexity index is 3150. The Labute approximate surface area is 551 Å². The Kier molecular flexibility index (Phi) is 23.2. The summed E-state index contributed by atoms with van der Waals surface area (Å²) < 4.78 is 0. The zero-order valence-electron chi connectivity index (χ0n) is 55.5. The largest absolute Gasteiger partial charge is 0.343 e. The molecule has 0 aromatic heterocycles. The second-order valence-corrected chi connectivity index (χ2v) is 27.5. The van der Waals surface area contributed by atoms with E-state index in [1.54, 1.807) is 27.7 Å². The van der Waals surface area contributed by atoms with E-state index in [1.807, 2.05) is 125 Å². The number of nitrogens with zero attached hydrogens (tertiary/aromatic N) is 2. The van der Waals surface area contributed by atoms with E-state index in [9.17, 15) is 19.2 Å². The molecular formula is C72H96N12O10. The van der Waals surface area contributed by atoms with Crippen molar-refractivity contribution in [2.24, 2.45) is 35.1 Å². The molecule has 5 aliphatic rings. The second-order valence-electron chi connectivity index (χ2n) is 27.5. The van der Waals surface area contributed by atoms with E-state index in [2.05, 4.69) is 42.5 Å². The number of nitrogens with one attached hydrogen (secondary N) is 8. The van der Waals surface area contributed by atoms with Crippen LogP contribution < -0.4 is 54.0 Å². The van der Waals surface area contributed by atoms with Crippen molar-refractivity contribution >= 4 is 59.1 Å². The Balaban J connectivity index is 1.12. The Morgan fingerprint density at radius 3 is 0.989 bits per heavy atom. The van der Waals surface area contributed by atoms with Gasteiger partial charge in [-0.15, -0.1) is 0 Å². The first-order valence-electron chi connectivity index (χ1n) is 33.8. The Morgan fingerprint density at radius 1 is 0.383 bits per heavy atom. The lowest BCUT2D eigenvalue weighted by Crippen LogP contribution is -2.62. The predicted octanol–water partition coefficient (Wildman–Crippen LogP) is 4.37. The first-order chi connectivity index (χ1) is 45.0. The summed E-state index contributed by atoms with van der Waals surface area (Å²) in [5, 5.41) is 23.8. The van der Waals surface area contributed by atoms with Gasteiger partial charge < -0.3 is 63.8 Å². The van der Waals surface area contributed by atoms with E-state index >= 15 is 28.8 Å². The molecule has 10 atom stereocenters. The van der Waals surface area contributed by atoms with Gasteiger partial charge in [-0.2, -0.15) is 0 Å². The van der Waals surface area contributed by atoms with Crippen LogP contribution in [0.3, 0.4) is 0 Å². The standard InChI is InChI=1S/C72H96N12O10/c1-39(2)37-53-71(93)83-35-19-31-55(83)65(87)81-61(57-47-25-13-9-21-43(47)44-22-10-14-26-48(44)57)69(91)80-60(42(7)8)68(90)76-52(30-18-34-74)64(86)78-54(38-40(3)4)72(94)84-36-20-32-56(84)66(88)82-62(58-49-27-15-11-23-45(49)46-24-12-16-28-50(46)58)70(92)79-59(41(5)6)67(89)75-51(29-17-33-73)63(85)77-53/h9-16,21-28,39-42,51-62H,17-20,29-38,73-74H2,1-8H3,(H,75,89)(H,76,90)(H,77,85)(H,78,86)(H,79,92)(H,80,91)(H,81,87)(H,82,88)/t51-,52-,53-,54-,55+,56+,59-,60-,61-,62-/m0/s1. The molecule has 0 bridgehead atoms. The van der Waals surface area contributed by atoms with Crippen LogP contribution in [0.1, 0.15) is 154 Å². The molecule has 3 saturated heterocycles. The molecule has 2 aliphatic carbocycles. The topological polar surface area (TPSA) is 325 Å². The molecule has 3 fully saturated rings. The minimum atomic E-state index is -1.36. The lowest BCUT2D eigenvalue weighted by atomic mass is 9.88. The number of carbonyl (C=O) groups is 10. The molecule has 504 valence electrons. The summed E-state index contributed by atoms with van der Waals surface area (Å²) in [4.78, 5) is 154. The van der Waals surface area contributed by atoms with E-state index in [0.717, 1.165) is 44.5 Å². The van der Waals surface area contributed by atoms with Gasteiger partial charge in [0.2, 0.25) is 59.1 Å². The first-order valence-corrected chi connectivity index (χ1v) is 33.8. The van der Waals surface area contributed by atoms with Gasteiger partial charge in [0.05, 0.1) is 0 Å². The third-order valence-corrected chi connectivity index (χ3v) is 19.1. The van der Waals surface area contributed by atoms with Gasteiger partial charge >= 0.3 is 0 Å². The quantitative estimate of drug-likeness (QED) is 0.0842. The first kappa shape index (κ1) is 69.8. The zero-order valence-corrected chi connectivity index (χ0v) is 55.5. The number of nitrogens with two attached hydrogens (primary N) is 2. The summed E-state index contributed by atoms with van der Waals surface area (Å²) >= 11 is 0. The normalized spacial score (nSPS) is 25.7. The summed E-state index contributed by atoms with van der Waals surface area (Å²) in [6.07, 6.45) is 2.27. The van der Waals surface area contributed by atoms with E-state index in [-0.39, 0.29) is 89.4 Å². The molecule has 9 rings (SSSR count). The number of benzene rings is 4. The van der Waals surface area contributed by atoms with Crippen molar-refractivity contribution in [3.8, 4) is 22.3 Å². The van der Waals surface area contributed by atoms with Gasteiger partial charge in [0.1, 0.15) is 60.4 Å². The third kappa shape index (κ3) is 15.5. The van der Waals surface area contributed by atoms with Crippen LogP contribution in [-0.4, -0.2) is 155 Å². The summed E-state index contributed by atoms with van der Waals surface area (Å²) in [5.41, 5.74) is 18.5. The van der Waals surface area contributed by atoms with Crippen LogP contribution in [0.5, 0.6) is 0 Å². The molecule has 4 aromatic carbocycles. The van der Waals surface area contributed by atoms with Crippen LogP contribution in [0, 0.1) is 23.7 Å². The number of fused-ring (bicyclic) bond motifs is 8. The van der Waals surface area contributed by atoms with Crippen LogP contribution in [0.15, 0.2) is 97.1 Å². The molecule has 94 heavy (non-hydrogen) atoms. The zero-order chi connectivity index (χ0) is 67.7. The Morgan fingerprint density at radius 2 is 0.691 bits per heavy atom. The molecule has 3 aliphatic heterocycles. The fourth-order valence-electron chi connectivity index (χ4n) is 14.4. The summed E-state index contributed by atoms with van der Waals surface area (Å²) in [6, 6.07) is 17.9. The smallest absolute Gasteiger partial charge is 0.245 e. The summed E-state index contributed by atoms with van der Waals surface area (Å²) in [7, 11) is 0. The maximum absolute atomic E-state index is 15.5. The summed E-state index contributed by atoms with van der Waals surface area (Å²) in [6.45, 7) is 15.1. The van der Waals surface area contributed by atoms with Crippen molar-refractivity contribution in [3.63, 3.8) is 0 Å². The molecule has 0 saturated carbocycles. The number of hydrogen-bond acceptors (Lipinski definition) is 12. The van der Waals surface area contributed by atoms with Crippen molar-refractivity contribution in [1.29, 1.82) is 0 Å². The van der Waals surface area contributed by atoms with Gasteiger partial charge in [-0.05, 0) is 145 Å². The van der Waals surface area contributed by atoms with Gasteiger partial charge in [0, 0.05) is 24.9 Å². The fourth-order valence-corrected chi connectivity index (χ4v) is 14.4. The fraction of sp³-hybridized carbons (Fsp3) is 0.528. The highest BCUT2D eigenvalue weighted by atomic mass is 16.2. The molecule has 12 N–H and O–H groups in total. The van der Waals surface area contributed by atoms with Gasteiger partial charge in [-0.25, -0.2) is 0 Å². The van der Waals surface area contributed by atoms with Gasteiger partial charge in [-0.3, -0.25) is 47.9 Å². The number of rotatable bonds is 14. The summed E-state index contributed by atoms with van der Waals surface area (Å²) in [5.74, 6) is -9.54. The molecule has 4 aromatic rings. The average Bonchev–Trinajstić information content (AvgIpc) is 1.60. The molecular weight excluding hydrogens is 1190 g/mol. The van der Waals surface area contributed by atoms with Crippen LogP contribution in [0.4, 0.5) is 0 Å². The molecule has 0 spiro atoms. The average molecular weight is 1290 g/mol. The van der Waals surface area contributed by atoms with E-state index in [1.165, 1.54) is 9.80 Å². The lowest BCUT2D eigenvalue weighted by molar-refractivity contribution is -0.143. The highest BCUT2D eigenvalue weighted by Gasteiger charge is 2.48. The number of carbonyl (C=O) groups excluding carboxylic acids is 10. The molecule has 0 radical (unpaired) electrons. The van der Waals surface area contributed by atoms with Crippen LogP contribution in [0.25, 0.3) is 22.3 Å². The van der Waals surface area contributed by atoms with Crippen LogP contribution in [0.2, 0.25) is 0 Å². The van der Waals surface area contributed by atoms with Crippen molar-refractivity contribution in [1.82, 2.24) is 52.3 Å². The van der Waals surface area contributed by atoms with Gasteiger partial charge in [0.15, 0.2) is 0 Å². The van der Waals surface area contributed by atoms with Crippen molar-refractivity contribution in [3.05, 3.63) is 119 Å². The van der Waals surface area contributed by atoms with Crippen molar-refractivity contribution in [2.45, 2.75) is 192 Å². The van der Waals surface area contributed by atoms with Gasteiger partial charge in [-0.1, -0.05) is 152 Å². The molecule has 22 heteroatoms. The molecule has 10 amide bonds. The maximum atomic E-state index is 15.5. The van der Waals surface area contributed by atoms with E-state index < -0.39 is 143 Å². The minimum Gasteiger partial charge on any atom is -0.343 e. The maximum Gasteiger partial charge on any atom is 0.245 e. The van der Waals surface area contributed by atoms with Crippen LogP contribution >= 0.6 is 0 Å². The predicted molar refractivity (Wildman–Crippen MR) is 358 cm³/mol. The minimum absolute atomic E-state index is 0.0574. The van der Waals surface area contributed by atoms with Crippen LogP contribution in [-0.2, 0) is 47.9 Å². The molecule has 22 nitrogen and oxygen atoms in total. The Hall–Kier alpha value is -8.50. The molecule has 3 heterocycles. The van der Waals surface area contributed by atoms with Crippen molar-refractivity contribution < 1.29 is 47.9 Å². The SMILES string of the molecule is CC(C)C[C@@H]1NC(=O)[C@H](CCCN)NC(=O)[C@H](C(C)C)NC(=O)[C@H](C2c3ccccc3-c3ccccc32)NC(=O)[C@H]2CCCN2C(=O)[C@H](CC(C)C)NC(=O)[C@H](CCCN)NC(=O)[C@H](C(C)C)NC(=O)[C@H](C2c3ccccc3-c3ccccc32)NC(=O)[C@H]2CCCN2C1=O.